The lowest BCUT2D eigenvalue weighted by Crippen LogP contribution is -2.64. The Morgan fingerprint density at radius 1 is 0.613 bits per heavy atom. The monoisotopic (exact) mass is 926 g/mol. The van der Waals surface area contributed by atoms with Crippen LogP contribution < -0.4 is 0 Å². The molecule has 0 aromatic rings. The number of esters is 2. The van der Waals surface area contributed by atoms with Crippen molar-refractivity contribution in [2.24, 2.45) is 0 Å². The Balaban J connectivity index is 2.67. The molecule has 1 aliphatic rings. The molecule has 0 spiro atoms. The van der Waals surface area contributed by atoms with Gasteiger partial charge in [0, 0.05) is 12.8 Å². The van der Waals surface area contributed by atoms with Gasteiger partial charge in [0.15, 0.2) is 6.10 Å². The third-order valence-electron chi connectivity index (χ3n) is 9.99. The van der Waals surface area contributed by atoms with Gasteiger partial charge in [-0.15, -0.1) is 0 Å². The molecule has 17 nitrogen and oxygen atoms in total. The fourth-order valence-electron chi connectivity index (χ4n) is 6.50. The molecule has 0 amide bonds. The van der Waals surface area contributed by atoms with Crippen LogP contribution in [0.4, 0.5) is 0 Å². The Bertz CT molecular complexity index is 1420. The first-order chi connectivity index (χ1) is 29.5. The lowest BCUT2D eigenvalue weighted by Gasteiger charge is -2.43. The number of phosphoric acid groups is 2. The molecule has 62 heavy (non-hydrogen) atoms. The first kappa shape index (κ1) is 57.9. The van der Waals surface area contributed by atoms with Crippen LogP contribution in [0.3, 0.4) is 0 Å². The van der Waals surface area contributed by atoms with E-state index in [1.54, 1.807) is 6.08 Å². The summed E-state index contributed by atoms with van der Waals surface area (Å²) in [5.74, 6) is -1.30. The molecular weight excluding hydrogens is 850 g/mol. The Labute approximate surface area is 368 Å². The standard InChI is InChI=1S/C43H76O17P2/c1-3-5-7-9-11-12-13-14-15-16-18-22-27-31-37(46)58-35(32-56-36(45)30-26-23-19-21-25-29-34(44)28-24-20-17-10-8-6-4-2)33-57-62(54,55)60-43-40(49)38(47)39(48)42(41(43)50)59-61(51,52)53/h6,8,12-13,17,20,24,28,34-35,38-44,47-50H,3-5,7,9-11,14-16,18-19,21-23,25-27,29-33H2,1-2H3,(H,54,55)(H2,51,52,53)/b8-6+,13-12-,20-17+,28-24+/t34?,35-,38?,39?,40?,41?,42-,43+/m1/s1. The van der Waals surface area contributed by atoms with Gasteiger partial charge in [-0.25, -0.2) is 9.13 Å². The number of hydrogen-bond acceptors (Lipinski definition) is 14. The molecule has 360 valence electrons. The van der Waals surface area contributed by atoms with Crippen LogP contribution in [-0.2, 0) is 41.8 Å². The molecule has 19 heteroatoms. The summed E-state index contributed by atoms with van der Waals surface area (Å²) < 4.78 is 49.2. The molecule has 0 aliphatic heterocycles. The highest BCUT2D eigenvalue weighted by Gasteiger charge is 2.54. The molecule has 0 radical (unpaired) electrons. The first-order valence-corrected chi connectivity index (χ1v) is 25.3. The van der Waals surface area contributed by atoms with Gasteiger partial charge in [-0.3, -0.25) is 23.2 Å². The van der Waals surface area contributed by atoms with Crippen molar-refractivity contribution >= 4 is 27.6 Å². The number of aliphatic hydroxyl groups excluding tert-OH is 5. The molecule has 1 aliphatic carbocycles. The van der Waals surface area contributed by atoms with Crippen molar-refractivity contribution in [3.8, 4) is 0 Å². The largest absolute Gasteiger partial charge is 0.472 e. The summed E-state index contributed by atoms with van der Waals surface area (Å²) in [6.07, 6.45) is 18.1. The summed E-state index contributed by atoms with van der Waals surface area (Å²) in [6, 6.07) is 0. The molecule has 0 heterocycles. The van der Waals surface area contributed by atoms with E-state index in [4.69, 9.17) is 28.3 Å². The molecule has 1 fully saturated rings. The van der Waals surface area contributed by atoms with Crippen LogP contribution in [0, 0.1) is 0 Å². The zero-order valence-corrected chi connectivity index (χ0v) is 38.4. The van der Waals surface area contributed by atoms with E-state index in [2.05, 4.69) is 42.7 Å². The molecule has 0 aromatic heterocycles. The van der Waals surface area contributed by atoms with Crippen LogP contribution in [0.15, 0.2) is 48.6 Å². The van der Waals surface area contributed by atoms with Gasteiger partial charge in [0.2, 0.25) is 0 Å². The van der Waals surface area contributed by atoms with Gasteiger partial charge < -0.3 is 49.7 Å². The molecule has 8 N–H and O–H groups in total. The van der Waals surface area contributed by atoms with Gasteiger partial charge in [-0.1, -0.05) is 127 Å². The highest BCUT2D eigenvalue weighted by atomic mass is 31.2. The first-order valence-electron chi connectivity index (χ1n) is 22.3. The second-order valence-corrected chi connectivity index (χ2v) is 18.2. The van der Waals surface area contributed by atoms with E-state index in [-0.39, 0.29) is 12.8 Å². The summed E-state index contributed by atoms with van der Waals surface area (Å²) in [5.41, 5.74) is 0. The molecule has 9 atom stereocenters. The van der Waals surface area contributed by atoms with Crippen molar-refractivity contribution in [1.29, 1.82) is 0 Å². The van der Waals surface area contributed by atoms with Crippen molar-refractivity contribution in [2.45, 2.75) is 198 Å². The Kier molecular flexibility index (Phi) is 32.0. The Morgan fingerprint density at radius 3 is 1.79 bits per heavy atom. The van der Waals surface area contributed by atoms with E-state index in [1.807, 2.05) is 18.2 Å². The highest BCUT2D eigenvalue weighted by molar-refractivity contribution is 7.47. The van der Waals surface area contributed by atoms with Crippen LogP contribution in [-0.4, -0.2) is 114 Å². The number of aliphatic hydroxyl groups is 5. The molecule has 0 bridgehead atoms. The molecule has 0 saturated heterocycles. The lowest BCUT2D eigenvalue weighted by atomic mass is 9.85. The quantitative estimate of drug-likeness (QED) is 0.0107. The van der Waals surface area contributed by atoms with Crippen molar-refractivity contribution in [3.63, 3.8) is 0 Å². The van der Waals surface area contributed by atoms with E-state index < -0.39 is 89.6 Å². The predicted octanol–water partition coefficient (Wildman–Crippen LogP) is 6.70. The maximum absolute atomic E-state index is 13.0. The predicted molar refractivity (Wildman–Crippen MR) is 233 cm³/mol. The number of hydrogen-bond donors (Lipinski definition) is 8. The number of allylic oxidation sites excluding steroid dienone is 7. The van der Waals surface area contributed by atoms with Crippen molar-refractivity contribution in [3.05, 3.63) is 48.6 Å². The number of phosphoric ester groups is 2. The molecule has 0 aromatic carbocycles. The molecule has 6 unspecified atom stereocenters. The van der Waals surface area contributed by atoms with E-state index in [0.29, 0.717) is 19.3 Å². The molecular formula is C43H76O17P2. The zero-order chi connectivity index (χ0) is 46.2. The summed E-state index contributed by atoms with van der Waals surface area (Å²) in [5, 5.41) is 51.3. The minimum atomic E-state index is -5.37. The highest BCUT2D eigenvalue weighted by Crippen LogP contribution is 2.49. The van der Waals surface area contributed by atoms with Crippen LogP contribution in [0.5, 0.6) is 0 Å². The minimum Gasteiger partial charge on any atom is -0.462 e. The Hall–Kier alpha value is -2.08. The molecule has 1 saturated carbocycles. The average Bonchev–Trinajstić information content (AvgIpc) is 3.22. The van der Waals surface area contributed by atoms with Crippen LogP contribution >= 0.6 is 15.6 Å². The molecule has 1 rings (SSSR count). The summed E-state index contributed by atoms with van der Waals surface area (Å²) >= 11 is 0. The van der Waals surface area contributed by atoms with Crippen molar-refractivity contribution in [1.82, 2.24) is 0 Å². The fraction of sp³-hybridized carbons (Fsp3) is 0.767. The minimum absolute atomic E-state index is 0.0122. The number of ether oxygens (including phenoxy) is 2. The fourth-order valence-corrected chi connectivity index (χ4v) is 8.04. The number of carbonyl (C=O) groups excluding carboxylic acids is 2. The van der Waals surface area contributed by atoms with Gasteiger partial charge in [-0.05, 0) is 57.8 Å². The van der Waals surface area contributed by atoms with Gasteiger partial charge >= 0.3 is 27.6 Å². The van der Waals surface area contributed by atoms with Crippen LogP contribution in [0.25, 0.3) is 0 Å². The number of rotatable bonds is 36. The van der Waals surface area contributed by atoms with Crippen LogP contribution in [0.2, 0.25) is 0 Å². The number of unbranched alkanes of at least 4 members (excludes halogenated alkanes) is 13. The maximum atomic E-state index is 13.0. The van der Waals surface area contributed by atoms with E-state index in [0.717, 1.165) is 77.0 Å². The summed E-state index contributed by atoms with van der Waals surface area (Å²) in [7, 11) is -10.7. The van der Waals surface area contributed by atoms with Gasteiger partial charge in [-0.2, -0.15) is 0 Å². The smallest absolute Gasteiger partial charge is 0.462 e. The zero-order valence-electron chi connectivity index (χ0n) is 36.6. The lowest BCUT2D eigenvalue weighted by molar-refractivity contribution is -0.216. The topological polar surface area (TPSA) is 276 Å². The van der Waals surface area contributed by atoms with Gasteiger partial charge in [0.25, 0.3) is 0 Å². The van der Waals surface area contributed by atoms with Gasteiger partial charge in [0.1, 0.15) is 43.2 Å². The Morgan fingerprint density at radius 2 is 1.18 bits per heavy atom. The van der Waals surface area contributed by atoms with Crippen molar-refractivity contribution in [2.75, 3.05) is 13.2 Å². The maximum Gasteiger partial charge on any atom is 0.472 e. The second-order valence-electron chi connectivity index (χ2n) is 15.6. The third-order valence-corrected chi connectivity index (χ3v) is 11.5. The summed E-state index contributed by atoms with van der Waals surface area (Å²) in [6.45, 7) is 2.85. The van der Waals surface area contributed by atoms with E-state index in [1.165, 1.54) is 25.7 Å². The average molecular weight is 927 g/mol. The van der Waals surface area contributed by atoms with Crippen LogP contribution in [0.1, 0.15) is 149 Å². The summed E-state index contributed by atoms with van der Waals surface area (Å²) in [4.78, 5) is 54.1. The number of carbonyl (C=O) groups is 2. The van der Waals surface area contributed by atoms with Crippen molar-refractivity contribution < 1.29 is 82.0 Å². The second kappa shape index (κ2) is 34.3. The van der Waals surface area contributed by atoms with Gasteiger partial charge in [0.05, 0.1) is 12.7 Å². The van der Waals surface area contributed by atoms with E-state index >= 15 is 0 Å². The third kappa shape index (κ3) is 28.7. The van der Waals surface area contributed by atoms with E-state index in [9.17, 15) is 49.1 Å². The SMILES string of the molecule is CC/C=C/C/C=C/C=C/C(O)CCCCCCCC(=O)OC[C@H](COP(=O)(O)O[C@H]1C(O)C(O)C(O)[C@@H](OP(=O)(O)O)C1O)OC(=O)CCCCCCC/C=C\CCCCCC. The normalized spacial score (nSPS) is 23.1.